The van der Waals surface area contributed by atoms with Crippen LogP contribution in [0.2, 0.25) is 0 Å². The molecule has 2 aliphatic rings. The van der Waals surface area contributed by atoms with Gasteiger partial charge in [-0.3, -0.25) is 9.59 Å². The Labute approximate surface area is 210 Å². The Balaban J connectivity index is 1.52. The molecule has 35 heavy (non-hydrogen) atoms. The number of nitrogens with one attached hydrogen (secondary N) is 1. The van der Waals surface area contributed by atoms with Crippen LogP contribution in [-0.2, 0) is 20.0 Å². The van der Waals surface area contributed by atoms with Gasteiger partial charge in [-0.15, -0.1) is 11.3 Å². The van der Waals surface area contributed by atoms with Crippen molar-refractivity contribution in [1.29, 1.82) is 0 Å². The van der Waals surface area contributed by atoms with Crippen LogP contribution in [0.25, 0.3) is 10.4 Å². The number of hydrogen-bond donors (Lipinski definition) is 2. The molecule has 2 aromatic rings. The van der Waals surface area contributed by atoms with Gasteiger partial charge in [-0.1, -0.05) is 50.2 Å². The highest BCUT2D eigenvalue weighted by molar-refractivity contribution is 7.13. The summed E-state index contributed by atoms with van der Waals surface area (Å²) in [6, 6.07) is 7.15. The minimum atomic E-state index is -0.704. The summed E-state index contributed by atoms with van der Waals surface area (Å²) in [6.45, 7) is 11.3. The smallest absolute Gasteiger partial charge is 0.246 e. The number of β-amino-alcohol motifs (C(OH)–C–C–N with tert-alkyl or cyclic N) is 1. The molecule has 188 valence electrons. The van der Waals surface area contributed by atoms with Crippen LogP contribution in [0, 0.1) is 12.3 Å². The molecule has 3 heterocycles. The molecule has 0 saturated carbocycles. The van der Waals surface area contributed by atoms with Gasteiger partial charge in [0, 0.05) is 26.3 Å². The van der Waals surface area contributed by atoms with Crippen molar-refractivity contribution in [1.82, 2.24) is 15.2 Å². The molecular weight excluding hydrogens is 464 g/mol. The second-order valence-electron chi connectivity index (χ2n) is 10.8. The highest BCUT2D eigenvalue weighted by Crippen LogP contribution is 2.39. The minimum Gasteiger partial charge on any atom is -0.391 e. The van der Waals surface area contributed by atoms with Crippen LogP contribution in [0.4, 0.5) is 0 Å². The highest BCUT2D eigenvalue weighted by atomic mass is 32.1. The maximum absolute atomic E-state index is 13.5. The predicted molar refractivity (Wildman–Crippen MR) is 136 cm³/mol. The lowest BCUT2D eigenvalue weighted by Gasteiger charge is -2.35. The van der Waals surface area contributed by atoms with E-state index < -0.39 is 23.2 Å². The number of nitrogens with zero attached hydrogens (tertiary/aromatic N) is 3. The van der Waals surface area contributed by atoms with Crippen molar-refractivity contribution in [2.24, 2.45) is 10.6 Å². The third-order valence-electron chi connectivity index (χ3n) is 6.79. The van der Waals surface area contributed by atoms with Crippen molar-refractivity contribution in [3.63, 3.8) is 0 Å². The molecule has 4 atom stereocenters. The SMILES string of the molecule is CC(=O)N[C@H](C(=O)N1C[C@H](O)C[C@H]1C1=NO[C@@](C)(c2ccc(-c3scnc3C)cc2)C1)C(C)(C)C. The summed E-state index contributed by atoms with van der Waals surface area (Å²) in [6.07, 6.45) is 0.246. The Morgan fingerprint density at radius 2 is 1.97 bits per heavy atom. The second-order valence-corrected chi connectivity index (χ2v) is 11.7. The summed E-state index contributed by atoms with van der Waals surface area (Å²) in [5.74, 6) is -0.476. The molecule has 1 aromatic carbocycles. The van der Waals surface area contributed by atoms with Crippen molar-refractivity contribution in [3.8, 4) is 10.4 Å². The third kappa shape index (κ3) is 5.11. The summed E-state index contributed by atoms with van der Waals surface area (Å²) in [7, 11) is 0. The molecule has 0 unspecified atom stereocenters. The molecule has 9 heteroatoms. The molecule has 8 nitrogen and oxygen atoms in total. The minimum absolute atomic E-state index is 0.203. The number of aliphatic hydroxyl groups is 1. The maximum Gasteiger partial charge on any atom is 0.246 e. The first kappa shape index (κ1) is 25.3. The quantitative estimate of drug-likeness (QED) is 0.655. The number of aliphatic hydroxyl groups excluding tert-OH is 1. The molecule has 4 rings (SSSR count). The molecule has 1 fully saturated rings. The van der Waals surface area contributed by atoms with Crippen molar-refractivity contribution in [2.45, 2.75) is 78.2 Å². The van der Waals surface area contributed by atoms with Crippen molar-refractivity contribution in [3.05, 3.63) is 41.0 Å². The molecule has 1 aromatic heterocycles. The first-order valence-corrected chi connectivity index (χ1v) is 12.8. The van der Waals surface area contributed by atoms with E-state index in [0.29, 0.717) is 12.8 Å². The number of oxime groups is 1. The Morgan fingerprint density at radius 3 is 2.54 bits per heavy atom. The molecule has 2 N–H and O–H groups in total. The molecule has 0 spiro atoms. The second kappa shape index (κ2) is 9.35. The molecular formula is C26H34N4O4S. The molecule has 0 bridgehead atoms. The van der Waals surface area contributed by atoms with Gasteiger partial charge in [0.05, 0.1) is 33.9 Å². The van der Waals surface area contributed by atoms with Crippen LogP contribution in [0.5, 0.6) is 0 Å². The number of rotatable bonds is 5. The fraction of sp³-hybridized carbons (Fsp3) is 0.538. The summed E-state index contributed by atoms with van der Waals surface area (Å²) in [5, 5.41) is 17.7. The van der Waals surface area contributed by atoms with Crippen LogP contribution < -0.4 is 5.32 Å². The fourth-order valence-corrected chi connectivity index (χ4v) is 5.66. The zero-order valence-electron chi connectivity index (χ0n) is 21.2. The monoisotopic (exact) mass is 498 g/mol. The molecule has 0 radical (unpaired) electrons. The summed E-state index contributed by atoms with van der Waals surface area (Å²) >= 11 is 1.62. The summed E-state index contributed by atoms with van der Waals surface area (Å²) in [5.41, 5.74) is 4.54. The van der Waals surface area contributed by atoms with Crippen molar-refractivity contribution in [2.75, 3.05) is 6.54 Å². The van der Waals surface area contributed by atoms with Crippen LogP contribution >= 0.6 is 11.3 Å². The molecule has 2 amide bonds. The van der Waals surface area contributed by atoms with E-state index in [2.05, 4.69) is 27.6 Å². The lowest BCUT2D eigenvalue weighted by atomic mass is 9.85. The van der Waals surface area contributed by atoms with Crippen LogP contribution in [0.15, 0.2) is 34.9 Å². The average Bonchev–Trinajstić information content (AvgIpc) is 3.49. The van der Waals surface area contributed by atoms with Crippen molar-refractivity contribution >= 4 is 28.9 Å². The van der Waals surface area contributed by atoms with Gasteiger partial charge in [0.15, 0.2) is 5.60 Å². The zero-order valence-corrected chi connectivity index (χ0v) is 22.0. The standard InChI is InChI=1S/C26H34N4O4S/c1-15-22(35-14-27-15)17-7-9-18(10-8-17)26(6)12-20(29-34-26)21-11-19(32)13-30(21)24(33)23(25(3,4)5)28-16(2)31/h7-10,14,19,21,23,32H,11-13H2,1-6H3,(H,28,31)/t19-,21+,23-,26-/m1/s1. The highest BCUT2D eigenvalue weighted by Gasteiger charge is 2.47. The first-order chi connectivity index (χ1) is 16.4. The van der Waals surface area contributed by atoms with E-state index in [0.717, 1.165) is 27.4 Å². The third-order valence-corrected chi connectivity index (χ3v) is 7.77. The van der Waals surface area contributed by atoms with Crippen LogP contribution in [0.3, 0.4) is 0 Å². The van der Waals surface area contributed by atoms with Gasteiger partial charge in [-0.2, -0.15) is 0 Å². The number of carbonyl (C=O) groups excluding carboxylic acids is 2. The number of aryl methyl sites for hydroxylation is 1. The lowest BCUT2D eigenvalue weighted by Crippen LogP contribution is -2.56. The number of thiazole rings is 1. The fourth-order valence-electron chi connectivity index (χ4n) is 4.85. The topological polar surface area (TPSA) is 104 Å². The number of amides is 2. The molecule has 0 aliphatic carbocycles. The maximum atomic E-state index is 13.5. The number of carbonyl (C=O) groups is 2. The number of aromatic nitrogens is 1. The van der Waals surface area contributed by atoms with E-state index in [1.165, 1.54) is 6.92 Å². The Hall–Kier alpha value is -2.78. The number of benzene rings is 1. The largest absolute Gasteiger partial charge is 0.391 e. The predicted octanol–water partition coefficient (Wildman–Crippen LogP) is 3.62. The summed E-state index contributed by atoms with van der Waals surface area (Å²) in [4.78, 5) is 38.4. The Bertz CT molecular complexity index is 1140. The molecule has 1 saturated heterocycles. The van der Waals surface area contributed by atoms with Gasteiger partial charge < -0.3 is 20.2 Å². The van der Waals surface area contributed by atoms with Gasteiger partial charge in [0.2, 0.25) is 11.8 Å². The van der Waals surface area contributed by atoms with Crippen LogP contribution in [0.1, 0.15) is 58.7 Å². The van der Waals surface area contributed by atoms with E-state index in [4.69, 9.17) is 4.84 Å². The van der Waals surface area contributed by atoms with E-state index in [1.807, 2.05) is 52.3 Å². The summed E-state index contributed by atoms with van der Waals surface area (Å²) < 4.78 is 0. The van der Waals surface area contributed by atoms with Gasteiger partial charge in [0.25, 0.3) is 0 Å². The van der Waals surface area contributed by atoms with E-state index >= 15 is 0 Å². The van der Waals surface area contributed by atoms with Crippen molar-refractivity contribution < 1.29 is 19.5 Å². The van der Waals surface area contributed by atoms with Gasteiger partial charge >= 0.3 is 0 Å². The average molecular weight is 499 g/mol. The molecule has 2 aliphatic heterocycles. The van der Waals surface area contributed by atoms with E-state index in [-0.39, 0.29) is 24.4 Å². The lowest BCUT2D eigenvalue weighted by molar-refractivity contribution is -0.139. The van der Waals surface area contributed by atoms with Gasteiger partial charge in [-0.25, -0.2) is 4.98 Å². The van der Waals surface area contributed by atoms with Crippen LogP contribution in [-0.4, -0.2) is 57.2 Å². The van der Waals surface area contributed by atoms with E-state index in [9.17, 15) is 14.7 Å². The Kier molecular flexibility index (Phi) is 6.76. The van der Waals surface area contributed by atoms with Gasteiger partial charge in [0.1, 0.15) is 6.04 Å². The normalized spacial score (nSPS) is 25.2. The number of hydrogen-bond acceptors (Lipinski definition) is 7. The van der Waals surface area contributed by atoms with E-state index in [1.54, 1.807) is 16.2 Å². The number of likely N-dealkylation sites (tertiary alicyclic amines) is 1. The first-order valence-electron chi connectivity index (χ1n) is 11.9. The zero-order chi connectivity index (χ0) is 25.5. The van der Waals surface area contributed by atoms with Gasteiger partial charge in [-0.05, 0) is 30.4 Å². The Morgan fingerprint density at radius 1 is 1.29 bits per heavy atom.